The number of fused-ring (bicyclic) bond motifs is 3. The number of benzene rings is 2. The largest absolute Gasteiger partial charge is 0.506 e. The summed E-state index contributed by atoms with van der Waals surface area (Å²) in [6.07, 6.45) is 5.42. The van der Waals surface area contributed by atoms with Crippen molar-refractivity contribution in [1.82, 2.24) is 10.2 Å². The van der Waals surface area contributed by atoms with Crippen LogP contribution < -0.4 is 14.8 Å². The summed E-state index contributed by atoms with van der Waals surface area (Å²) in [7, 11) is 7.45. The molecule has 160 valence electrons. The highest BCUT2D eigenvalue weighted by Crippen LogP contribution is 2.48. The topological polar surface area (TPSA) is 54.0 Å². The van der Waals surface area contributed by atoms with Crippen LogP contribution in [0.5, 0.6) is 17.2 Å². The van der Waals surface area contributed by atoms with Gasteiger partial charge in [-0.05, 0) is 61.5 Å². The molecular formula is C23H26Cl2N2O3. The van der Waals surface area contributed by atoms with Gasteiger partial charge < -0.3 is 24.8 Å². The van der Waals surface area contributed by atoms with Crippen LogP contribution in [0.4, 0.5) is 0 Å². The minimum atomic E-state index is -0.231. The maximum absolute atomic E-state index is 10.3. The van der Waals surface area contributed by atoms with Crippen LogP contribution in [-0.2, 0) is 0 Å². The van der Waals surface area contributed by atoms with Crippen molar-refractivity contribution in [3.05, 3.63) is 63.2 Å². The second-order valence-electron chi connectivity index (χ2n) is 8.01. The second kappa shape index (κ2) is 8.31. The molecule has 2 aromatic rings. The summed E-state index contributed by atoms with van der Waals surface area (Å²) in [5.74, 6) is 1.64. The van der Waals surface area contributed by atoms with E-state index in [1.165, 1.54) is 5.56 Å². The maximum atomic E-state index is 10.3. The zero-order chi connectivity index (χ0) is 21.6. The van der Waals surface area contributed by atoms with Crippen LogP contribution >= 0.6 is 23.2 Å². The van der Waals surface area contributed by atoms with Crippen LogP contribution in [0.1, 0.15) is 35.1 Å². The van der Waals surface area contributed by atoms with Crippen LogP contribution in [0.25, 0.3) is 0 Å². The van der Waals surface area contributed by atoms with Crippen molar-refractivity contribution in [3.63, 3.8) is 0 Å². The third-order valence-electron chi connectivity index (χ3n) is 6.16. The minimum Gasteiger partial charge on any atom is -0.506 e. The molecule has 0 spiro atoms. The van der Waals surface area contributed by atoms with Gasteiger partial charge in [0.25, 0.3) is 0 Å². The molecule has 7 heteroatoms. The first kappa shape index (κ1) is 21.3. The molecule has 0 radical (unpaired) electrons. The zero-order valence-corrected chi connectivity index (χ0v) is 19.0. The molecule has 2 N–H and O–H groups in total. The van der Waals surface area contributed by atoms with Crippen molar-refractivity contribution >= 4 is 23.2 Å². The lowest BCUT2D eigenvalue weighted by Crippen LogP contribution is -2.54. The molecule has 0 fully saturated rings. The molecule has 0 aromatic heterocycles. The molecule has 5 nitrogen and oxygen atoms in total. The number of nitrogens with zero attached hydrogens (tertiary/aromatic N) is 1. The van der Waals surface area contributed by atoms with Gasteiger partial charge in [-0.15, -0.1) is 0 Å². The number of halogens is 2. The lowest BCUT2D eigenvalue weighted by Gasteiger charge is -2.46. The van der Waals surface area contributed by atoms with Crippen molar-refractivity contribution in [2.75, 3.05) is 28.3 Å². The minimum absolute atomic E-state index is 0.00900. The number of nitrogens with one attached hydrogen (secondary N) is 1. The number of hydrogen-bond acceptors (Lipinski definition) is 5. The number of aromatic hydroxyl groups is 1. The molecule has 2 aliphatic rings. The molecule has 0 saturated heterocycles. The number of methoxy groups -OCH3 is 2. The molecule has 4 atom stereocenters. The van der Waals surface area contributed by atoms with Crippen molar-refractivity contribution < 1.29 is 14.6 Å². The summed E-state index contributed by atoms with van der Waals surface area (Å²) < 4.78 is 11.2. The van der Waals surface area contributed by atoms with Gasteiger partial charge in [0, 0.05) is 23.0 Å². The van der Waals surface area contributed by atoms with Gasteiger partial charge in [-0.3, -0.25) is 0 Å². The van der Waals surface area contributed by atoms with Gasteiger partial charge in [-0.1, -0.05) is 35.4 Å². The van der Waals surface area contributed by atoms with E-state index in [0.29, 0.717) is 16.5 Å². The normalized spacial score (nSPS) is 25.0. The average Bonchev–Trinajstić information content (AvgIpc) is 2.74. The number of rotatable bonds is 4. The summed E-state index contributed by atoms with van der Waals surface area (Å²) in [6, 6.07) is 7.47. The Kier molecular flexibility index (Phi) is 5.90. The van der Waals surface area contributed by atoms with E-state index in [1.54, 1.807) is 26.4 Å². The lowest BCUT2D eigenvalue weighted by molar-refractivity contribution is 0.216. The zero-order valence-electron chi connectivity index (χ0n) is 17.4. The molecule has 2 aromatic carbocycles. The Morgan fingerprint density at radius 3 is 2.27 bits per heavy atom. The SMILES string of the molecule is COc1cc2c(cc1OC)[C@@H]1CC=C[C@H](N(C)C)C1NC2c1cc(O)c(Cl)cc1Cl. The van der Waals surface area contributed by atoms with Crippen LogP contribution in [0.2, 0.25) is 10.0 Å². The standard InChI is InChI=1S/C23H26Cl2N2O3/c1-27(2)18-7-5-6-12-13-9-20(29-3)21(30-4)10-14(13)22(26-23(12)18)15-8-19(28)17(25)11-16(15)24/h5,7-12,18,22-23,26,28H,6H2,1-4H3/t12-,18-,22?,23?/m0/s1. The molecule has 30 heavy (non-hydrogen) atoms. The summed E-state index contributed by atoms with van der Waals surface area (Å²) in [5, 5.41) is 14.8. The van der Waals surface area contributed by atoms with E-state index in [0.717, 1.165) is 17.5 Å². The third-order valence-corrected chi connectivity index (χ3v) is 6.79. The van der Waals surface area contributed by atoms with E-state index in [2.05, 4.69) is 42.5 Å². The monoisotopic (exact) mass is 448 g/mol. The van der Waals surface area contributed by atoms with Crippen molar-refractivity contribution in [1.29, 1.82) is 0 Å². The van der Waals surface area contributed by atoms with E-state index in [9.17, 15) is 5.11 Å². The fourth-order valence-electron chi connectivity index (χ4n) is 4.69. The first-order chi connectivity index (χ1) is 14.3. The Morgan fingerprint density at radius 2 is 1.63 bits per heavy atom. The highest BCUT2D eigenvalue weighted by Gasteiger charge is 2.41. The van der Waals surface area contributed by atoms with Crippen LogP contribution in [0.3, 0.4) is 0 Å². The summed E-state index contributed by atoms with van der Waals surface area (Å²) in [6.45, 7) is 0. The van der Waals surface area contributed by atoms with E-state index in [4.69, 9.17) is 32.7 Å². The number of phenolic OH excluding ortho intramolecular Hbond substituents is 1. The molecule has 4 rings (SSSR count). The van der Waals surface area contributed by atoms with E-state index >= 15 is 0 Å². The molecule has 2 unspecified atom stereocenters. The fourth-order valence-corrected chi connectivity index (χ4v) is 5.19. The fraction of sp³-hybridized carbons (Fsp3) is 0.391. The quantitative estimate of drug-likeness (QED) is 0.660. The number of allylic oxidation sites excluding steroid dienone is 1. The highest BCUT2D eigenvalue weighted by atomic mass is 35.5. The maximum Gasteiger partial charge on any atom is 0.161 e. The predicted molar refractivity (Wildman–Crippen MR) is 120 cm³/mol. The van der Waals surface area contributed by atoms with Crippen molar-refractivity contribution in [3.8, 4) is 17.2 Å². The molecule has 1 aliphatic heterocycles. The molecule has 0 amide bonds. The first-order valence-electron chi connectivity index (χ1n) is 9.88. The van der Waals surface area contributed by atoms with E-state index in [-0.39, 0.29) is 34.8 Å². The van der Waals surface area contributed by atoms with Gasteiger partial charge in [0.05, 0.1) is 25.3 Å². The molecule has 1 aliphatic carbocycles. The van der Waals surface area contributed by atoms with Crippen LogP contribution in [0.15, 0.2) is 36.4 Å². The summed E-state index contributed by atoms with van der Waals surface area (Å²) >= 11 is 12.7. The number of phenols is 1. The van der Waals surface area contributed by atoms with Crippen molar-refractivity contribution in [2.24, 2.45) is 0 Å². The summed E-state index contributed by atoms with van der Waals surface area (Å²) in [5.41, 5.74) is 3.03. The Hall–Kier alpha value is -1.92. The number of ether oxygens (including phenoxy) is 2. The molecule has 1 heterocycles. The summed E-state index contributed by atoms with van der Waals surface area (Å²) in [4.78, 5) is 2.21. The van der Waals surface area contributed by atoms with Gasteiger partial charge in [0.2, 0.25) is 0 Å². The van der Waals surface area contributed by atoms with Crippen LogP contribution in [0, 0.1) is 0 Å². The second-order valence-corrected chi connectivity index (χ2v) is 8.83. The Bertz CT molecular complexity index is 993. The van der Waals surface area contributed by atoms with Crippen molar-refractivity contribution in [2.45, 2.75) is 30.5 Å². The number of likely N-dealkylation sites (N-methyl/N-ethyl adjacent to an activating group) is 1. The lowest BCUT2D eigenvalue weighted by atomic mass is 9.73. The Labute approximate surface area is 187 Å². The van der Waals surface area contributed by atoms with Gasteiger partial charge >= 0.3 is 0 Å². The van der Waals surface area contributed by atoms with Gasteiger partial charge in [0.15, 0.2) is 11.5 Å². The Morgan fingerprint density at radius 1 is 0.967 bits per heavy atom. The van der Waals surface area contributed by atoms with E-state index in [1.807, 2.05) is 6.07 Å². The van der Waals surface area contributed by atoms with E-state index < -0.39 is 0 Å². The van der Waals surface area contributed by atoms with Gasteiger partial charge in [-0.2, -0.15) is 0 Å². The smallest absolute Gasteiger partial charge is 0.161 e. The predicted octanol–water partition coefficient (Wildman–Crippen LogP) is 4.75. The van der Waals surface area contributed by atoms with Gasteiger partial charge in [-0.25, -0.2) is 0 Å². The number of hydrogen-bond donors (Lipinski definition) is 2. The molecular weight excluding hydrogens is 423 g/mol. The average molecular weight is 449 g/mol. The first-order valence-corrected chi connectivity index (χ1v) is 10.6. The molecule has 0 bridgehead atoms. The van der Waals surface area contributed by atoms with Gasteiger partial charge in [0.1, 0.15) is 5.75 Å². The highest BCUT2D eigenvalue weighted by molar-refractivity contribution is 6.36. The van der Waals surface area contributed by atoms with Crippen LogP contribution in [-0.4, -0.2) is 50.4 Å². The third kappa shape index (κ3) is 3.54. The Balaban J connectivity index is 1.93. The molecule has 0 saturated carbocycles.